The normalized spacial score (nSPS) is 13.0. The maximum Gasteiger partial charge on any atom is 0.194 e. The van der Waals surface area contributed by atoms with Crippen LogP contribution in [-0.4, -0.2) is 0 Å². The molecule has 0 aliphatic heterocycles. The minimum atomic E-state index is 0.0166. The van der Waals surface area contributed by atoms with Gasteiger partial charge in [0.1, 0.15) is 0 Å². The fraction of sp³-hybridized carbons (Fsp3) is 0.190. The zero-order valence-electron chi connectivity index (χ0n) is 26.1. The molecule has 0 aromatic heterocycles. The van der Waals surface area contributed by atoms with Gasteiger partial charge < -0.3 is 0 Å². The Morgan fingerprint density at radius 2 is 0.750 bits per heavy atom. The molecule has 2 aliphatic carbocycles. The SMILES string of the molecule is CC(C)(C)c1ccc(-c2cc3c4c5c2cccc5c(=O)c2cc(-c5ccc(C(C)(C)C)cc5)c5cccc(c3=O)c5c2-4)cc1. The first-order chi connectivity index (χ1) is 20.9. The maximum absolute atomic E-state index is 14.4. The van der Waals surface area contributed by atoms with Gasteiger partial charge >= 0.3 is 0 Å². The maximum atomic E-state index is 14.4. The van der Waals surface area contributed by atoms with Crippen molar-refractivity contribution in [2.45, 2.75) is 52.4 Å². The van der Waals surface area contributed by atoms with Crippen LogP contribution in [-0.2, 0) is 10.8 Å². The zero-order chi connectivity index (χ0) is 30.7. The van der Waals surface area contributed by atoms with Crippen molar-refractivity contribution in [1.82, 2.24) is 0 Å². The first kappa shape index (κ1) is 26.8. The molecule has 0 heterocycles. The molecule has 0 atom stereocenters. The Balaban J connectivity index is 1.50. The number of rotatable bonds is 2. The Morgan fingerprint density at radius 3 is 1.09 bits per heavy atom. The molecule has 0 amide bonds. The molecule has 0 spiro atoms. The summed E-state index contributed by atoms with van der Waals surface area (Å²) in [5.74, 6) is 0. The summed E-state index contributed by atoms with van der Waals surface area (Å²) in [6.07, 6.45) is 0. The molecule has 0 bridgehead atoms. The molecule has 2 heteroatoms. The van der Waals surface area contributed by atoms with Gasteiger partial charge in [-0.2, -0.15) is 0 Å². The predicted molar refractivity (Wildman–Crippen MR) is 187 cm³/mol. The van der Waals surface area contributed by atoms with Gasteiger partial charge in [-0.25, -0.2) is 0 Å². The predicted octanol–water partition coefficient (Wildman–Crippen LogP) is 10.4. The Kier molecular flexibility index (Phi) is 5.39. The topological polar surface area (TPSA) is 34.1 Å². The Bertz CT molecular complexity index is 2280. The molecule has 0 N–H and O–H groups in total. The van der Waals surface area contributed by atoms with Gasteiger partial charge in [-0.1, -0.05) is 126 Å². The third kappa shape index (κ3) is 3.67. The van der Waals surface area contributed by atoms with Crippen LogP contribution >= 0.6 is 0 Å². The van der Waals surface area contributed by atoms with Gasteiger partial charge in [0.15, 0.2) is 10.9 Å². The highest BCUT2D eigenvalue weighted by Crippen LogP contribution is 2.49. The van der Waals surface area contributed by atoms with Gasteiger partial charge in [-0.15, -0.1) is 0 Å². The van der Waals surface area contributed by atoms with E-state index in [4.69, 9.17) is 0 Å². The molecule has 6 aromatic rings. The van der Waals surface area contributed by atoms with E-state index in [-0.39, 0.29) is 21.7 Å². The van der Waals surface area contributed by atoms with Gasteiger partial charge in [-0.3, -0.25) is 9.59 Å². The third-order valence-corrected chi connectivity index (χ3v) is 9.68. The van der Waals surface area contributed by atoms with Crippen molar-refractivity contribution in [3.63, 3.8) is 0 Å². The van der Waals surface area contributed by atoms with E-state index in [1.807, 2.05) is 24.3 Å². The average molecular weight is 571 g/mol. The van der Waals surface area contributed by atoms with Crippen LogP contribution in [0.4, 0.5) is 0 Å². The molecule has 0 saturated heterocycles. The van der Waals surface area contributed by atoms with Gasteiger partial charge in [-0.05, 0) is 67.1 Å². The summed E-state index contributed by atoms with van der Waals surface area (Å²) >= 11 is 0. The first-order valence-corrected chi connectivity index (χ1v) is 15.4. The summed E-state index contributed by atoms with van der Waals surface area (Å²) in [4.78, 5) is 28.9. The minimum Gasteiger partial charge on any atom is -0.289 e. The van der Waals surface area contributed by atoms with Crippen LogP contribution in [0.1, 0.15) is 52.7 Å². The lowest BCUT2D eigenvalue weighted by Crippen LogP contribution is -2.14. The summed E-state index contributed by atoms with van der Waals surface area (Å²) < 4.78 is 0. The van der Waals surface area contributed by atoms with E-state index in [2.05, 4.69) is 114 Å². The van der Waals surface area contributed by atoms with Gasteiger partial charge in [0.25, 0.3) is 0 Å². The summed E-state index contributed by atoms with van der Waals surface area (Å²) in [7, 11) is 0. The van der Waals surface area contributed by atoms with Gasteiger partial charge in [0.2, 0.25) is 0 Å². The summed E-state index contributed by atoms with van der Waals surface area (Å²) in [6.45, 7) is 13.3. The van der Waals surface area contributed by atoms with E-state index in [0.717, 1.165) is 54.9 Å². The Hall–Kier alpha value is -4.82. The van der Waals surface area contributed by atoms with Crippen molar-refractivity contribution in [2.24, 2.45) is 0 Å². The van der Waals surface area contributed by atoms with Crippen LogP contribution in [0, 0.1) is 0 Å². The third-order valence-electron chi connectivity index (χ3n) is 9.68. The monoisotopic (exact) mass is 570 g/mol. The van der Waals surface area contributed by atoms with Crippen LogP contribution < -0.4 is 10.9 Å². The van der Waals surface area contributed by atoms with Crippen molar-refractivity contribution in [3.05, 3.63) is 129 Å². The molecule has 0 saturated carbocycles. The van der Waals surface area contributed by atoms with Crippen LogP contribution in [0.5, 0.6) is 0 Å². The second kappa shape index (κ2) is 8.86. The first-order valence-electron chi connectivity index (χ1n) is 15.4. The highest BCUT2D eigenvalue weighted by molar-refractivity contribution is 6.31. The Morgan fingerprint density at radius 1 is 0.409 bits per heavy atom. The molecule has 2 nitrogen and oxygen atoms in total. The van der Waals surface area contributed by atoms with Crippen molar-refractivity contribution >= 4 is 43.1 Å². The molecule has 44 heavy (non-hydrogen) atoms. The average Bonchev–Trinajstić information content (AvgIpc) is 3.01. The molecule has 0 radical (unpaired) electrons. The minimum absolute atomic E-state index is 0.0166. The highest BCUT2D eigenvalue weighted by Gasteiger charge is 2.28. The lowest BCUT2D eigenvalue weighted by Gasteiger charge is -2.24. The smallest absolute Gasteiger partial charge is 0.194 e. The van der Waals surface area contributed by atoms with Gasteiger partial charge in [0, 0.05) is 43.4 Å². The van der Waals surface area contributed by atoms with E-state index < -0.39 is 0 Å². The fourth-order valence-electron chi connectivity index (χ4n) is 7.27. The van der Waals surface area contributed by atoms with E-state index in [1.165, 1.54) is 11.1 Å². The molecule has 0 unspecified atom stereocenters. The molecular formula is C42H34O2. The zero-order valence-corrected chi connectivity index (χ0v) is 26.1. The van der Waals surface area contributed by atoms with Crippen molar-refractivity contribution in [2.75, 3.05) is 0 Å². The van der Waals surface area contributed by atoms with Crippen LogP contribution in [0.25, 0.3) is 76.5 Å². The van der Waals surface area contributed by atoms with E-state index in [1.54, 1.807) is 0 Å². The summed E-state index contributed by atoms with van der Waals surface area (Å²) in [6, 6.07) is 33.4. The quantitative estimate of drug-likeness (QED) is 0.153. The number of hydrogen-bond acceptors (Lipinski definition) is 2. The molecule has 8 rings (SSSR count). The van der Waals surface area contributed by atoms with Crippen molar-refractivity contribution in [3.8, 4) is 33.4 Å². The van der Waals surface area contributed by atoms with Crippen LogP contribution in [0.15, 0.2) is 107 Å². The lowest BCUT2D eigenvalue weighted by atomic mass is 9.78. The second-order valence-electron chi connectivity index (χ2n) is 14.5. The molecule has 0 fully saturated rings. The van der Waals surface area contributed by atoms with E-state index in [9.17, 15) is 9.59 Å². The second-order valence-corrected chi connectivity index (χ2v) is 14.5. The van der Waals surface area contributed by atoms with Crippen LogP contribution in [0.3, 0.4) is 0 Å². The highest BCUT2D eigenvalue weighted by atomic mass is 16.1. The molecule has 6 aromatic carbocycles. The van der Waals surface area contributed by atoms with Crippen molar-refractivity contribution < 1.29 is 0 Å². The summed E-state index contributed by atoms with van der Waals surface area (Å²) in [5, 5.41) is 6.48. The van der Waals surface area contributed by atoms with E-state index >= 15 is 0 Å². The standard InChI is InChI=1S/C42H34O2/c1-41(2,3)25-17-13-23(14-18-25)31-21-33-37-35-27(31)9-7-11-29(35)40(44)34-22-32(24-15-19-26(20-16-24)42(4,5)6)28-10-8-12-30(39(33)43)36(28)38(34)37/h7-22H,1-6H3. The Labute approximate surface area is 257 Å². The number of hydrogen-bond donors (Lipinski definition) is 0. The number of benzene rings is 8. The fourth-order valence-corrected chi connectivity index (χ4v) is 7.27. The molecule has 214 valence electrons. The lowest BCUT2D eigenvalue weighted by molar-refractivity contribution is 0.590. The molecule has 2 aliphatic rings. The summed E-state index contributed by atoms with van der Waals surface area (Å²) in [5.41, 5.74) is 8.49. The van der Waals surface area contributed by atoms with Crippen molar-refractivity contribution in [1.29, 1.82) is 0 Å². The van der Waals surface area contributed by atoms with Gasteiger partial charge in [0.05, 0.1) is 0 Å². The van der Waals surface area contributed by atoms with E-state index in [0.29, 0.717) is 21.5 Å². The molecular weight excluding hydrogens is 536 g/mol. The van der Waals surface area contributed by atoms with Crippen LogP contribution in [0.2, 0.25) is 0 Å². The largest absolute Gasteiger partial charge is 0.289 e.